The van der Waals surface area contributed by atoms with E-state index in [-0.39, 0.29) is 24.1 Å². The standard InChI is InChI=1S/C19H18BrFN3O2PS/c1-2-26-19(25)14-15(11-4-3-10(21)9-12(11)20)23-17(18-22-6-8-28-18)24-7-5-13(27)16(14)24/h3-4,6,8-9,13,15H,2,5,7,27H2,1H3/t13-,15-/m0/s1. The van der Waals surface area contributed by atoms with Crippen LogP contribution in [0.5, 0.6) is 0 Å². The Hall–Kier alpha value is -1.63. The predicted octanol–water partition coefficient (Wildman–Crippen LogP) is 4.31. The molecule has 1 saturated heterocycles. The zero-order valence-corrected chi connectivity index (χ0v) is 18.6. The molecule has 0 amide bonds. The summed E-state index contributed by atoms with van der Waals surface area (Å²) in [5.74, 6) is -0.00319. The van der Waals surface area contributed by atoms with Gasteiger partial charge in [0.15, 0.2) is 10.8 Å². The SMILES string of the molecule is CCOC(=O)C1=C2[C@@H](P)CCN2C(c2nccs2)=N[C@H]1c1ccc(F)cc1Br. The molecule has 2 aromatic rings. The maximum Gasteiger partial charge on any atom is 0.338 e. The minimum Gasteiger partial charge on any atom is -0.463 e. The molecule has 2 aliphatic rings. The van der Waals surface area contributed by atoms with Gasteiger partial charge in [-0.25, -0.2) is 14.2 Å². The van der Waals surface area contributed by atoms with Crippen molar-refractivity contribution >= 4 is 48.3 Å². The quantitative estimate of drug-likeness (QED) is 0.482. The maximum absolute atomic E-state index is 13.7. The largest absolute Gasteiger partial charge is 0.463 e. The van der Waals surface area contributed by atoms with Crippen LogP contribution in [-0.2, 0) is 9.53 Å². The lowest BCUT2D eigenvalue weighted by molar-refractivity contribution is -0.139. The first-order chi connectivity index (χ1) is 13.5. The van der Waals surface area contributed by atoms with Crippen LogP contribution in [0, 0.1) is 5.82 Å². The van der Waals surface area contributed by atoms with Crippen molar-refractivity contribution in [2.75, 3.05) is 13.2 Å². The highest BCUT2D eigenvalue weighted by atomic mass is 79.9. The van der Waals surface area contributed by atoms with Crippen molar-refractivity contribution in [3.63, 3.8) is 0 Å². The van der Waals surface area contributed by atoms with Crippen LogP contribution in [-0.4, -0.2) is 40.5 Å². The number of fused-ring (bicyclic) bond motifs is 1. The summed E-state index contributed by atoms with van der Waals surface area (Å²) in [4.78, 5) is 24.4. The fourth-order valence-electron chi connectivity index (χ4n) is 3.57. The van der Waals surface area contributed by atoms with Crippen LogP contribution in [0.3, 0.4) is 0 Å². The van der Waals surface area contributed by atoms with Gasteiger partial charge >= 0.3 is 5.97 Å². The first-order valence-electron chi connectivity index (χ1n) is 8.88. The summed E-state index contributed by atoms with van der Waals surface area (Å²) in [6.07, 6.45) is 2.62. The third-order valence-corrected chi connectivity index (χ3v) is 6.84. The molecule has 0 saturated carbocycles. The van der Waals surface area contributed by atoms with Crippen LogP contribution >= 0.6 is 36.5 Å². The van der Waals surface area contributed by atoms with Crippen LogP contribution in [0.4, 0.5) is 4.39 Å². The van der Waals surface area contributed by atoms with Crippen molar-refractivity contribution in [2.24, 2.45) is 4.99 Å². The fourth-order valence-corrected chi connectivity index (χ4v) is 5.28. The second-order valence-electron chi connectivity index (χ2n) is 6.42. The van der Waals surface area contributed by atoms with E-state index >= 15 is 0 Å². The van der Waals surface area contributed by atoms with E-state index < -0.39 is 6.04 Å². The summed E-state index contributed by atoms with van der Waals surface area (Å²) in [5.41, 5.74) is 2.22. The number of nitrogens with zero attached hydrogens (tertiary/aromatic N) is 3. The first-order valence-corrected chi connectivity index (χ1v) is 11.2. The molecule has 28 heavy (non-hydrogen) atoms. The maximum atomic E-state index is 13.7. The van der Waals surface area contributed by atoms with E-state index in [0.717, 1.165) is 35.1 Å². The van der Waals surface area contributed by atoms with Gasteiger partial charge in [-0.05, 0) is 31.0 Å². The zero-order chi connectivity index (χ0) is 19.8. The highest BCUT2D eigenvalue weighted by molar-refractivity contribution is 9.10. The number of carbonyl (C=O) groups is 1. The van der Waals surface area contributed by atoms with Crippen LogP contribution in [0.25, 0.3) is 0 Å². The molecule has 1 unspecified atom stereocenters. The number of carbonyl (C=O) groups excluding carboxylic acids is 1. The van der Waals surface area contributed by atoms with E-state index in [1.54, 1.807) is 19.2 Å². The van der Waals surface area contributed by atoms with Crippen LogP contribution in [0.1, 0.15) is 30.0 Å². The van der Waals surface area contributed by atoms with Gasteiger partial charge in [-0.3, -0.25) is 4.99 Å². The summed E-state index contributed by atoms with van der Waals surface area (Å²) < 4.78 is 19.6. The van der Waals surface area contributed by atoms with Crippen molar-refractivity contribution in [1.82, 2.24) is 9.88 Å². The third kappa shape index (κ3) is 3.42. The molecule has 3 heterocycles. The molecule has 0 bridgehead atoms. The van der Waals surface area contributed by atoms with E-state index in [4.69, 9.17) is 9.73 Å². The topological polar surface area (TPSA) is 54.8 Å². The first kappa shape index (κ1) is 19.7. The van der Waals surface area contributed by atoms with E-state index in [9.17, 15) is 9.18 Å². The number of amidine groups is 1. The zero-order valence-electron chi connectivity index (χ0n) is 15.1. The average Bonchev–Trinajstić information content (AvgIpc) is 3.31. The fraction of sp³-hybridized carbons (Fsp3) is 0.316. The molecule has 1 aromatic carbocycles. The van der Waals surface area contributed by atoms with E-state index in [2.05, 4.69) is 35.1 Å². The Balaban J connectivity index is 1.93. The minimum absolute atomic E-state index is 0.103. The number of hydrogen-bond acceptors (Lipinski definition) is 6. The summed E-state index contributed by atoms with van der Waals surface area (Å²) in [5, 5.41) is 2.70. The summed E-state index contributed by atoms with van der Waals surface area (Å²) in [6, 6.07) is 3.83. The van der Waals surface area contributed by atoms with Crippen molar-refractivity contribution in [3.05, 3.63) is 61.9 Å². The summed E-state index contributed by atoms with van der Waals surface area (Å²) in [7, 11) is 2.82. The highest BCUT2D eigenvalue weighted by Crippen LogP contribution is 2.44. The number of allylic oxidation sites excluding steroid dienone is 1. The van der Waals surface area contributed by atoms with Crippen LogP contribution in [0.2, 0.25) is 0 Å². The number of aliphatic imine (C=N–C) groups is 1. The lowest BCUT2D eigenvalue weighted by Gasteiger charge is -2.33. The third-order valence-electron chi connectivity index (χ3n) is 4.74. The summed E-state index contributed by atoms with van der Waals surface area (Å²) >= 11 is 4.94. The number of esters is 1. The number of benzene rings is 1. The minimum atomic E-state index is -0.597. The van der Waals surface area contributed by atoms with Gasteiger partial charge in [0.25, 0.3) is 0 Å². The Bertz CT molecular complexity index is 980. The van der Waals surface area contributed by atoms with Crippen LogP contribution < -0.4 is 0 Å². The lowest BCUT2D eigenvalue weighted by Crippen LogP contribution is -2.36. The molecule has 146 valence electrons. The average molecular weight is 482 g/mol. The van der Waals surface area contributed by atoms with Gasteiger partial charge in [0.05, 0.1) is 12.2 Å². The molecule has 0 spiro atoms. The lowest BCUT2D eigenvalue weighted by atomic mass is 9.94. The van der Waals surface area contributed by atoms with Crippen molar-refractivity contribution in [1.29, 1.82) is 0 Å². The second-order valence-corrected chi connectivity index (χ2v) is 8.98. The Morgan fingerprint density at radius 3 is 3.00 bits per heavy atom. The van der Waals surface area contributed by atoms with Crippen molar-refractivity contribution in [3.8, 4) is 0 Å². The molecule has 0 radical (unpaired) electrons. The highest BCUT2D eigenvalue weighted by Gasteiger charge is 2.42. The molecule has 0 N–H and O–H groups in total. The Labute approximate surface area is 177 Å². The number of ether oxygens (including phenoxy) is 1. The van der Waals surface area contributed by atoms with Gasteiger partial charge in [-0.15, -0.1) is 20.6 Å². The normalized spacial score (nSPS) is 21.6. The van der Waals surface area contributed by atoms with Gasteiger partial charge in [0, 0.05) is 34.0 Å². The van der Waals surface area contributed by atoms with Gasteiger partial charge < -0.3 is 9.64 Å². The second kappa shape index (κ2) is 8.01. The molecule has 0 aliphatic carbocycles. The monoisotopic (exact) mass is 481 g/mol. The van der Waals surface area contributed by atoms with E-state index in [1.165, 1.54) is 23.5 Å². The number of aromatic nitrogens is 1. The molecule has 9 heteroatoms. The van der Waals surface area contributed by atoms with E-state index in [0.29, 0.717) is 10.0 Å². The molecule has 1 aromatic heterocycles. The van der Waals surface area contributed by atoms with Gasteiger partial charge in [0.2, 0.25) is 0 Å². The number of thiazole rings is 1. The summed E-state index contributed by atoms with van der Waals surface area (Å²) in [6.45, 7) is 2.81. The Kier molecular flexibility index (Phi) is 5.63. The van der Waals surface area contributed by atoms with E-state index in [1.807, 2.05) is 5.38 Å². The molecule has 5 nitrogen and oxygen atoms in total. The number of halogens is 2. The smallest absolute Gasteiger partial charge is 0.338 e. The van der Waals surface area contributed by atoms with Crippen molar-refractivity contribution in [2.45, 2.75) is 25.0 Å². The molecular weight excluding hydrogens is 464 g/mol. The number of hydrogen-bond donors (Lipinski definition) is 0. The molecule has 2 aliphatic heterocycles. The molecule has 4 rings (SSSR count). The number of rotatable bonds is 4. The van der Waals surface area contributed by atoms with Gasteiger partial charge in [0.1, 0.15) is 11.9 Å². The van der Waals surface area contributed by atoms with Gasteiger partial charge in [-0.1, -0.05) is 22.0 Å². The Morgan fingerprint density at radius 1 is 1.50 bits per heavy atom. The van der Waals surface area contributed by atoms with Crippen molar-refractivity contribution < 1.29 is 13.9 Å². The van der Waals surface area contributed by atoms with Crippen LogP contribution in [0.15, 0.2) is 50.5 Å². The molecule has 1 fully saturated rings. The van der Waals surface area contributed by atoms with Gasteiger partial charge in [-0.2, -0.15) is 0 Å². The molecule has 3 atom stereocenters. The Morgan fingerprint density at radius 2 is 2.32 bits per heavy atom. The molecular formula is C19H18BrFN3O2PS. The predicted molar refractivity (Wildman–Crippen MR) is 114 cm³/mol.